The molecule has 1 unspecified atom stereocenters. The van der Waals surface area contributed by atoms with Crippen molar-refractivity contribution in [2.75, 3.05) is 6.61 Å². The summed E-state index contributed by atoms with van der Waals surface area (Å²) in [5, 5.41) is 0.555. The lowest BCUT2D eigenvalue weighted by Crippen LogP contribution is -2.22. The van der Waals surface area contributed by atoms with E-state index < -0.39 is 28.3 Å². The minimum atomic E-state index is -4.44. The smallest absolute Gasteiger partial charge is 0.361 e. The Labute approximate surface area is 169 Å². The minimum absolute atomic E-state index is 0.192. The van der Waals surface area contributed by atoms with Crippen molar-refractivity contribution in [2.45, 2.75) is 38.6 Å². The van der Waals surface area contributed by atoms with Gasteiger partial charge in [0.1, 0.15) is 27.2 Å². The van der Waals surface area contributed by atoms with Gasteiger partial charge >= 0.3 is 6.18 Å². The standard InChI is InChI=1S/C19H23F3N3O2PSi/c1-29(2,3)8-7-27-12-25-16(28-26)10-15-17(23-11-24-18(15)25)13-5-4-6-14(9-13)19(20,21)22/h4-6,9-11H,7-8,12,28H2,1-3H3. The topological polar surface area (TPSA) is 57.0 Å². The normalized spacial score (nSPS) is 13.0. The molecule has 0 bridgehead atoms. The number of aromatic nitrogens is 3. The SMILES string of the molecule is C[Si](C)(C)CCOCn1c([PH2]=O)cc2c(-c3cccc(C(F)(F)F)c3)ncnc21. The summed E-state index contributed by atoms with van der Waals surface area (Å²) in [6.45, 7) is 7.54. The first-order valence-corrected chi connectivity index (χ1v) is 13.9. The average molecular weight is 441 g/mol. The van der Waals surface area contributed by atoms with Gasteiger partial charge in [-0.3, -0.25) is 4.57 Å². The molecule has 5 nitrogen and oxygen atoms in total. The molecule has 0 fully saturated rings. The van der Waals surface area contributed by atoms with Crippen LogP contribution in [0, 0.1) is 0 Å². The fraction of sp³-hybridized carbons (Fsp3) is 0.368. The second-order valence-electron chi connectivity index (χ2n) is 8.00. The third kappa shape index (κ3) is 5.15. The van der Waals surface area contributed by atoms with Crippen LogP contribution in [0.5, 0.6) is 0 Å². The zero-order valence-corrected chi connectivity index (χ0v) is 18.6. The van der Waals surface area contributed by atoms with E-state index in [-0.39, 0.29) is 6.73 Å². The van der Waals surface area contributed by atoms with E-state index in [1.54, 1.807) is 16.7 Å². The van der Waals surface area contributed by atoms with Crippen molar-refractivity contribution in [2.24, 2.45) is 0 Å². The zero-order valence-electron chi connectivity index (χ0n) is 16.5. The average Bonchev–Trinajstić information content (AvgIpc) is 3.01. The van der Waals surface area contributed by atoms with Gasteiger partial charge in [-0.25, -0.2) is 9.97 Å². The Hall–Kier alpha value is -1.96. The lowest BCUT2D eigenvalue weighted by Gasteiger charge is -2.16. The van der Waals surface area contributed by atoms with Crippen LogP contribution in [0.3, 0.4) is 0 Å². The van der Waals surface area contributed by atoms with Gasteiger partial charge in [-0.05, 0) is 24.2 Å². The number of benzene rings is 1. The third-order valence-electron chi connectivity index (χ3n) is 4.52. The maximum Gasteiger partial charge on any atom is 0.416 e. The number of fused-ring (bicyclic) bond motifs is 1. The second kappa shape index (κ2) is 8.42. The van der Waals surface area contributed by atoms with Crippen molar-refractivity contribution >= 4 is 33.0 Å². The maximum atomic E-state index is 13.1. The summed E-state index contributed by atoms with van der Waals surface area (Å²) in [7, 11) is -2.51. The Balaban J connectivity index is 1.98. The summed E-state index contributed by atoms with van der Waals surface area (Å²) in [6.07, 6.45) is -3.14. The van der Waals surface area contributed by atoms with Crippen molar-refractivity contribution in [3.8, 4) is 11.3 Å². The van der Waals surface area contributed by atoms with E-state index >= 15 is 0 Å². The van der Waals surface area contributed by atoms with E-state index in [9.17, 15) is 17.7 Å². The molecule has 0 spiro atoms. The quantitative estimate of drug-likeness (QED) is 0.300. The minimum Gasteiger partial charge on any atom is -0.361 e. The summed E-state index contributed by atoms with van der Waals surface area (Å²) >= 11 is 0. The van der Waals surface area contributed by atoms with Crippen molar-refractivity contribution in [1.82, 2.24) is 14.5 Å². The molecule has 0 radical (unpaired) electrons. The van der Waals surface area contributed by atoms with Crippen LogP contribution in [0.4, 0.5) is 13.2 Å². The van der Waals surface area contributed by atoms with Crippen LogP contribution < -0.4 is 5.44 Å². The highest BCUT2D eigenvalue weighted by Crippen LogP contribution is 2.33. The lowest BCUT2D eigenvalue weighted by atomic mass is 10.1. The Morgan fingerprint density at radius 3 is 2.59 bits per heavy atom. The molecule has 0 aliphatic heterocycles. The fourth-order valence-corrected chi connectivity index (χ4v) is 4.24. The number of hydrogen-bond acceptors (Lipinski definition) is 4. The molecule has 3 rings (SSSR count). The molecule has 1 aromatic carbocycles. The van der Waals surface area contributed by atoms with Crippen LogP contribution in [-0.2, 0) is 22.2 Å². The summed E-state index contributed by atoms with van der Waals surface area (Å²) in [4.78, 5) is 8.47. The van der Waals surface area contributed by atoms with Crippen LogP contribution in [-0.4, -0.2) is 29.2 Å². The van der Waals surface area contributed by atoms with Crippen LogP contribution in [0.2, 0.25) is 25.7 Å². The van der Waals surface area contributed by atoms with E-state index in [4.69, 9.17) is 4.74 Å². The van der Waals surface area contributed by atoms with Gasteiger partial charge in [0.05, 0.1) is 16.7 Å². The van der Waals surface area contributed by atoms with E-state index in [1.165, 1.54) is 12.4 Å². The van der Waals surface area contributed by atoms with Crippen LogP contribution in [0.1, 0.15) is 5.56 Å². The summed E-state index contributed by atoms with van der Waals surface area (Å²) in [5.41, 5.74) is 0.999. The van der Waals surface area contributed by atoms with Crippen molar-refractivity contribution in [1.29, 1.82) is 0 Å². The summed E-state index contributed by atoms with van der Waals surface area (Å²) in [6, 6.07) is 7.68. The highest BCUT2D eigenvalue weighted by molar-refractivity contribution is 7.33. The molecule has 0 saturated heterocycles. The van der Waals surface area contributed by atoms with Gasteiger partial charge in [0.2, 0.25) is 0 Å². The predicted molar refractivity (Wildman–Crippen MR) is 112 cm³/mol. The number of hydrogen-bond donors (Lipinski definition) is 0. The Morgan fingerprint density at radius 1 is 1.17 bits per heavy atom. The largest absolute Gasteiger partial charge is 0.416 e. The van der Waals surface area contributed by atoms with Gasteiger partial charge in [-0.2, -0.15) is 13.2 Å². The van der Waals surface area contributed by atoms with E-state index in [0.29, 0.717) is 34.3 Å². The number of nitrogens with zero attached hydrogens (tertiary/aromatic N) is 3. The monoisotopic (exact) mass is 441 g/mol. The van der Waals surface area contributed by atoms with Crippen molar-refractivity contribution < 1.29 is 22.5 Å². The highest BCUT2D eigenvalue weighted by atomic mass is 31.1. The molecule has 10 heteroatoms. The Morgan fingerprint density at radius 2 is 1.93 bits per heavy atom. The molecule has 3 aromatic rings. The molecule has 29 heavy (non-hydrogen) atoms. The van der Waals surface area contributed by atoms with Crippen molar-refractivity contribution in [3.05, 3.63) is 42.2 Å². The summed E-state index contributed by atoms with van der Waals surface area (Å²) in [5.74, 6) is 0. The maximum absolute atomic E-state index is 13.1. The van der Waals surface area contributed by atoms with E-state index in [2.05, 4.69) is 29.6 Å². The van der Waals surface area contributed by atoms with Gasteiger partial charge < -0.3 is 9.30 Å². The molecule has 2 heterocycles. The Kier molecular flexibility index (Phi) is 6.31. The first kappa shape index (κ1) is 21.7. The molecule has 0 aliphatic rings. The van der Waals surface area contributed by atoms with Gasteiger partial charge in [0.15, 0.2) is 0 Å². The molecule has 0 amide bonds. The molecule has 156 valence electrons. The van der Waals surface area contributed by atoms with E-state index in [1.807, 2.05) is 0 Å². The number of ether oxygens (including phenoxy) is 1. The first-order chi connectivity index (χ1) is 13.6. The van der Waals surface area contributed by atoms with E-state index in [0.717, 1.165) is 18.2 Å². The van der Waals surface area contributed by atoms with Gasteiger partial charge in [-0.15, -0.1) is 0 Å². The predicted octanol–water partition coefficient (Wildman–Crippen LogP) is 4.81. The number of rotatable bonds is 7. The molecule has 1 atom stereocenters. The van der Waals surface area contributed by atoms with Gasteiger partial charge in [0, 0.05) is 25.6 Å². The number of halogens is 3. The third-order valence-corrected chi connectivity index (χ3v) is 6.95. The van der Waals surface area contributed by atoms with Crippen molar-refractivity contribution in [3.63, 3.8) is 0 Å². The Bertz CT molecular complexity index is 1030. The van der Waals surface area contributed by atoms with Gasteiger partial charge in [-0.1, -0.05) is 31.8 Å². The molecule has 2 aromatic heterocycles. The zero-order chi connectivity index (χ0) is 21.2. The van der Waals surface area contributed by atoms with Crippen LogP contribution in [0.15, 0.2) is 36.7 Å². The molecule has 0 saturated carbocycles. The summed E-state index contributed by atoms with van der Waals surface area (Å²) < 4.78 is 58.5. The first-order valence-electron chi connectivity index (χ1n) is 9.15. The second-order valence-corrected chi connectivity index (χ2v) is 14.4. The molecular weight excluding hydrogens is 418 g/mol. The molecule has 0 aliphatic carbocycles. The highest BCUT2D eigenvalue weighted by Gasteiger charge is 2.30. The fourth-order valence-electron chi connectivity index (χ4n) is 2.92. The molecule has 0 N–H and O–H groups in total. The lowest BCUT2D eigenvalue weighted by molar-refractivity contribution is -0.137. The molecular formula is C19H23F3N3O2PSi. The van der Waals surface area contributed by atoms with Crippen LogP contribution >= 0.6 is 8.46 Å². The van der Waals surface area contributed by atoms with Crippen LogP contribution in [0.25, 0.3) is 22.3 Å². The van der Waals surface area contributed by atoms with Gasteiger partial charge in [0.25, 0.3) is 0 Å². The number of alkyl halides is 3.